The second-order valence-electron chi connectivity index (χ2n) is 6.99. The highest BCUT2D eigenvalue weighted by Crippen LogP contribution is 2.35. The Morgan fingerprint density at radius 3 is 2.50 bits per heavy atom. The zero-order valence-electron chi connectivity index (χ0n) is 17.4. The van der Waals surface area contributed by atoms with Crippen LogP contribution in [0.1, 0.15) is 62.1 Å². The number of thiophene rings is 1. The number of benzene rings is 1. The molecular formula is C22H26N2O5S. The molecule has 1 N–H and O–H groups in total. The zero-order chi connectivity index (χ0) is 21.7. The Labute approximate surface area is 180 Å². The summed E-state index contributed by atoms with van der Waals surface area (Å²) in [6, 6.07) is 6.82. The molecule has 1 fully saturated rings. The van der Waals surface area contributed by atoms with Crippen LogP contribution >= 0.6 is 11.3 Å². The molecule has 1 aliphatic heterocycles. The van der Waals surface area contributed by atoms with Crippen LogP contribution < -0.4 is 10.1 Å². The van der Waals surface area contributed by atoms with Crippen LogP contribution in [0.5, 0.6) is 5.75 Å². The number of likely N-dealkylation sites (tertiary alicyclic amines) is 1. The van der Waals surface area contributed by atoms with Crippen molar-refractivity contribution in [1.82, 2.24) is 4.90 Å². The summed E-state index contributed by atoms with van der Waals surface area (Å²) in [6.07, 6.45) is 3.05. The minimum atomic E-state index is -0.556. The number of nitrogens with zero attached hydrogens (tertiary/aromatic N) is 1. The third kappa shape index (κ3) is 4.48. The van der Waals surface area contributed by atoms with Crippen molar-refractivity contribution in [3.05, 3.63) is 45.8 Å². The van der Waals surface area contributed by atoms with Gasteiger partial charge in [0.2, 0.25) is 0 Å². The monoisotopic (exact) mass is 430 g/mol. The first-order valence-electron chi connectivity index (χ1n) is 10.0. The smallest absolute Gasteiger partial charge is 0.341 e. The van der Waals surface area contributed by atoms with Gasteiger partial charge in [-0.15, -0.1) is 11.3 Å². The maximum Gasteiger partial charge on any atom is 0.341 e. The Morgan fingerprint density at radius 2 is 1.83 bits per heavy atom. The number of piperidine rings is 1. The van der Waals surface area contributed by atoms with Gasteiger partial charge in [-0.1, -0.05) is 12.1 Å². The fourth-order valence-electron chi connectivity index (χ4n) is 3.50. The highest BCUT2D eigenvalue weighted by molar-refractivity contribution is 7.18. The van der Waals surface area contributed by atoms with Crippen molar-refractivity contribution in [2.75, 3.05) is 32.1 Å². The van der Waals surface area contributed by atoms with Crippen LogP contribution in [0.3, 0.4) is 0 Å². The molecule has 0 spiro atoms. The van der Waals surface area contributed by atoms with E-state index in [4.69, 9.17) is 9.47 Å². The number of hydrogen-bond acceptors (Lipinski definition) is 6. The van der Waals surface area contributed by atoms with Crippen LogP contribution in [0, 0.1) is 6.92 Å². The molecule has 1 aromatic heterocycles. The number of esters is 1. The van der Waals surface area contributed by atoms with Gasteiger partial charge in [0, 0.05) is 13.1 Å². The van der Waals surface area contributed by atoms with Crippen LogP contribution in [-0.2, 0) is 4.74 Å². The topological polar surface area (TPSA) is 84.9 Å². The largest absolute Gasteiger partial charge is 0.496 e. The van der Waals surface area contributed by atoms with Gasteiger partial charge in [-0.3, -0.25) is 9.59 Å². The van der Waals surface area contributed by atoms with Crippen molar-refractivity contribution < 1.29 is 23.9 Å². The lowest BCUT2D eigenvalue weighted by molar-refractivity contribution is 0.0527. The summed E-state index contributed by atoms with van der Waals surface area (Å²) in [5, 5.41) is 3.10. The third-order valence-electron chi connectivity index (χ3n) is 5.04. The van der Waals surface area contributed by atoms with Crippen LogP contribution in [0.2, 0.25) is 0 Å². The van der Waals surface area contributed by atoms with Gasteiger partial charge in [-0.25, -0.2) is 4.79 Å². The first kappa shape index (κ1) is 21.8. The molecule has 0 radical (unpaired) electrons. The number of ether oxygens (including phenoxy) is 2. The Hall–Kier alpha value is -2.87. The Morgan fingerprint density at radius 1 is 1.13 bits per heavy atom. The molecule has 2 amide bonds. The quantitative estimate of drug-likeness (QED) is 0.697. The summed E-state index contributed by atoms with van der Waals surface area (Å²) in [6.45, 7) is 5.04. The highest BCUT2D eigenvalue weighted by atomic mass is 32.1. The number of rotatable bonds is 6. The molecule has 30 heavy (non-hydrogen) atoms. The molecule has 1 saturated heterocycles. The molecule has 0 aliphatic carbocycles. The van der Waals surface area contributed by atoms with Gasteiger partial charge in [-0.2, -0.15) is 0 Å². The van der Waals surface area contributed by atoms with Crippen molar-refractivity contribution in [1.29, 1.82) is 0 Å². The number of nitrogens with one attached hydrogen (secondary N) is 1. The van der Waals surface area contributed by atoms with Crippen molar-refractivity contribution in [3.63, 3.8) is 0 Å². The Kier molecular flexibility index (Phi) is 7.10. The molecule has 1 aliphatic rings. The van der Waals surface area contributed by atoms with Crippen LogP contribution in [-0.4, -0.2) is 49.5 Å². The number of carbonyl (C=O) groups excluding carboxylic acids is 3. The molecule has 3 rings (SSSR count). The van der Waals surface area contributed by atoms with E-state index in [-0.39, 0.29) is 18.1 Å². The fraction of sp³-hybridized carbons (Fsp3) is 0.409. The molecular weight excluding hydrogens is 404 g/mol. The van der Waals surface area contributed by atoms with E-state index in [1.165, 1.54) is 7.11 Å². The molecule has 160 valence electrons. The van der Waals surface area contributed by atoms with E-state index in [1.54, 1.807) is 38.1 Å². The van der Waals surface area contributed by atoms with Gasteiger partial charge >= 0.3 is 5.97 Å². The van der Waals surface area contributed by atoms with Gasteiger partial charge in [0.25, 0.3) is 11.8 Å². The number of methoxy groups -OCH3 is 1. The van der Waals surface area contributed by atoms with Crippen LogP contribution in [0.15, 0.2) is 24.3 Å². The SMILES string of the molecule is CCOC(=O)c1c(NC(=O)c2ccccc2OC)sc(C(=O)N2CCCCC2)c1C. The Balaban J connectivity index is 1.96. The third-order valence-corrected chi connectivity index (χ3v) is 6.24. The minimum Gasteiger partial charge on any atom is -0.496 e. The van der Waals surface area contributed by atoms with E-state index in [2.05, 4.69) is 5.32 Å². The first-order valence-corrected chi connectivity index (χ1v) is 10.8. The number of amides is 2. The second-order valence-corrected chi connectivity index (χ2v) is 8.01. The molecule has 0 saturated carbocycles. The Bertz CT molecular complexity index is 947. The maximum absolute atomic E-state index is 13.1. The molecule has 7 nitrogen and oxygen atoms in total. The van der Waals surface area contributed by atoms with Gasteiger partial charge in [0.1, 0.15) is 10.8 Å². The number of anilines is 1. The molecule has 2 heterocycles. The summed E-state index contributed by atoms with van der Waals surface area (Å²) in [4.78, 5) is 40.8. The van der Waals surface area contributed by atoms with E-state index in [0.29, 0.717) is 39.8 Å². The molecule has 1 aromatic carbocycles. The predicted octanol–water partition coefficient (Wildman–Crippen LogP) is 4.12. The van der Waals surface area contributed by atoms with Crippen LogP contribution in [0.4, 0.5) is 5.00 Å². The number of para-hydroxylation sites is 1. The lowest BCUT2D eigenvalue weighted by atomic mass is 10.1. The van der Waals surface area contributed by atoms with Crippen molar-refractivity contribution in [2.24, 2.45) is 0 Å². The summed E-state index contributed by atoms with van der Waals surface area (Å²) >= 11 is 1.11. The van der Waals surface area contributed by atoms with Gasteiger partial charge in [0.15, 0.2) is 0 Å². The van der Waals surface area contributed by atoms with Gasteiger partial charge in [-0.05, 0) is 50.8 Å². The summed E-state index contributed by atoms with van der Waals surface area (Å²) in [7, 11) is 1.49. The van der Waals surface area contributed by atoms with Crippen molar-refractivity contribution >= 4 is 34.1 Å². The zero-order valence-corrected chi connectivity index (χ0v) is 18.3. The average Bonchev–Trinajstić information content (AvgIpc) is 3.09. The standard InChI is InChI=1S/C22H26N2O5S/c1-4-29-22(27)17-14(2)18(21(26)24-12-8-5-9-13-24)30-20(17)23-19(25)15-10-6-7-11-16(15)28-3/h6-7,10-11H,4-5,8-9,12-13H2,1-3H3,(H,23,25). The lowest BCUT2D eigenvalue weighted by Gasteiger charge is -2.26. The van der Waals surface area contributed by atoms with Gasteiger partial charge < -0.3 is 19.7 Å². The lowest BCUT2D eigenvalue weighted by Crippen LogP contribution is -2.35. The van der Waals surface area contributed by atoms with E-state index in [9.17, 15) is 14.4 Å². The first-order chi connectivity index (χ1) is 14.5. The fourth-order valence-corrected chi connectivity index (χ4v) is 4.66. The second kappa shape index (κ2) is 9.75. The average molecular weight is 431 g/mol. The molecule has 8 heteroatoms. The normalized spacial score (nSPS) is 13.6. The number of hydrogen-bond donors (Lipinski definition) is 1. The minimum absolute atomic E-state index is 0.111. The summed E-state index contributed by atoms with van der Waals surface area (Å²) in [5.41, 5.74) is 1.10. The summed E-state index contributed by atoms with van der Waals surface area (Å²) in [5.74, 6) is -0.665. The van der Waals surface area contributed by atoms with E-state index in [1.807, 2.05) is 4.90 Å². The van der Waals surface area contributed by atoms with Crippen molar-refractivity contribution in [3.8, 4) is 5.75 Å². The highest BCUT2D eigenvalue weighted by Gasteiger charge is 2.29. The molecule has 0 unspecified atom stereocenters. The van der Waals surface area contributed by atoms with Crippen LogP contribution in [0.25, 0.3) is 0 Å². The van der Waals surface area contributed by atoms with E-state index in [0.717, 1.165) is 30.6 Å². The number of carbonyl (C=O) groups is 3. The van der Waals surface area contributed by atoms with Gasteiger partial charge in [0.05, 0.1) is 29.7 Å². The molecule has 2 aromatic rings. The predicted molar refractivity (Wildman–Crippen MR) is 116 cm³/mol. The summed E-state index contributed by atoms with van der Waals surface area (Å²) < 4.78 is 10.4. The molecule has 0 atom stereocenters. The maximum atomic E-state index is 13.1. The molecule has 0 bridgehead atoms. The van der Waals surface area contributed by atoms with E-state index < -0.39 is 11.9 Å². The van der Waals surface area contributed by atoms with Crippen molar-refractivity contribution in [2.45, 2.75) is 33.1 Å². The van der Waals surface area contributed by atoms with E-state index >= 15 is 0 Å².